The van der Waals surface area contributed by atoms with Crippen molar-refractivity contribution in [1.82, 2.24) is 9.78 Å². The van der Waals surface area contributed by atoms with Gasteiger partial charge in [0.25, 0.3) is 0 Å². The number of sulfone groups is 1. The van der Waals surface area contributed by atoms with E-state index in [-0.39, 0.29) is 23.5 Å². The molecule has 6 nitrogen and oxygen atoms in total. The molecule has 1 saturated heterocycles. The Balaban J connectivity index is 2.32. The highest BCUT2D eigenvalue weighted by atomic mass is 32.2. The molecule has 0 spiro atoms. The fourth-order valence-electron chi connectivity index (χ4n) is 2.54. The number of rotatable bonds is 5. The Morgan fingerprint density at radius 1 is 1.50 bits per heavy atom. The SMILES string of the molecule is CCCc1c(C(=O)OCC)cnn1C1CCS(=O)(=O)C1. The van der Waals surface area contributed by atoms with E-state index in [4.69, 9.17) is 4.74 Å². The van der Waals surface area contributed by atoms with Crippen LogP contribution in [0.4, 0.5) is 0 Å². The number of carbonyl (C=O) groups is 1. The van der Waals surface area contributed by atoms with Crippen LogP contribution in [0, 0.1) is 0 Å². The summed E-state index contributed by atoms with van der Waals surface area (Å²) in [6, 6.07) is -0.162. The molecule has 1 fully saturated rings. The molecule has 0 saturated carbocycles. The third kappa shape index (κ3) is 3.03. The van der Waals surface area contributed by atoms with Crippen molar-refractivity contribution >= 4 is 15.8 Å². The molecule has 0 aliphatic carbocycles. The van der Waals surface area contributed by atoms with Gasteiger partial charge in [-0.15, -0.1) is 0 Å². The van der Waals surface area contributed by atoms with E-state index in [1.54, 1.807) is 11.6 Å². The summed E-state index contributed by atoms with van der Waals surface area (Å²) in [5.41, 5.74) is 1.24. The quantitative estimate of drug-likeness (QED) is 0.767. The molecule has 7 heteroatoms. The Morgan fingerprint density at radius 2 is 2.25 bits per heavy atom. The van der Waals surface area contributed by atoms with Crippen molar-refractivity contribution in [1.29, 1.82) is 0 Å². The monoisotopic (exact) mass is 300 g/mol. The minimum Gasteiger partial charge on any atom is -0.462 e. The third-order valence-corrected chi connectivity index (χ3v) is 5.19. The predicted molar refractivity (Wildman–Crippen MR) is 74.5 cm³/mol. The van der Waals surface area contributed by atoms with Crippen molar-refractivity contribution < 1.29 is 17.9 Å². The molecular weight excluding hydrogens is 280 g/mol. The molecule has 0 N–H and O–H groups in total. The van der Waals surface area contributed by atoms with Crippen molar-refractivity contribution in [3.63, 3.8) is 0 Å². The molecule has 0 bridgehead atoms. The number of esters is 1. The highest BCUT2D eigenvalue weighted by Crippen LogP contribution is 2.26. The van der Waals surface area contributed by atoms with E-state index in [2.05, 4.69) is 5.10 Å². The first kappa shape index (κ1) is 15.0. The van der Waals surface area contributed by atoms with E-state index in [1.807, 2.05) is 6.92 Å². The van der Waals surface area contributed by atoms with E-state index in [0.717, 1.165) is 12.1 Å². The maximum atomic E-state index is 11.9. The lowest BCUT2D eigenvalue weighted by Crippen LogP contribution is -2.17. The van der Waals surface area contributed by atoms with Crippen molar-refractivity contribution in [3.05, 3.63) is 17.5 Å². The molecule has 112 valence electrons. The van der Waals surface area contributed by atoms with Crippen molar-refractivity contribution in [3.8, 4) is 0 Å². The average Bonchev–Trinajstić information content (AvgIpc) is 2.93. The van der Waals surface area contributed by atoms with Crippen LogP contribution < -0.4 is 0 Å². The highest BCUT2D eigenvalue weighted by molar-refractivity contribution is 7.91. The van der Waals surface area contributed by atoms with Crippen molar-refractivity contribution in [2.75, 3.05) is 18.1 Å². The fraction of sp³-hybridized carbons (Fsp3) is 0.692. The van der Waals surface area contributed by atoms with Gasteiger partial charge in [-0.3, -0.25) is 4.68 Å². The van der Waals surface area contributed by atoms with Crippen LogP contribution in [0.25, 0.3) is 0 Å². The summed E-state index contributed by atoms with van der Waals surface area (Å²) < 4.78 is 29.9. The predicted octanol–water partition coefficient (Wildman–Crippen LogP) is 1.37. The Bertz CT molecular complexity index is 592. The molecule has 1 atom stereocenters. The zero-order chi connectivity index (χ0) is 14.8. The second-order valence-corrected chi connectivity index (χ2v) is 7.21. The van der Waals surface area contributed by atoms with Gasteiger partial charge in [-0.05, 0) is 19.8 Å². The van der Waals surface area contributed by atoms with Crippen LogP contribution >= 0.6 is 0 Å². The van der Waals surface area contributed by atoms with Gasteiger partial charge in [0.05, 0.1) is 36.0 Å². The maximum Gasteiger partial charge on any atom is 0.341 e. The van der Waals surface area contributed by atoms with E-state index in [1.165, 1.54) is 6.20 Å². The Hall–Kier alpha value is -1.37. The fourth-order valence-corrected chi connectivity index (χ4v) is 4.23. The van der Waals surface area contributed by atoms with Crippen LogP contribution in [0.1, 0.15) is 48.8 Å². The molecule has 0 amide bonds. The molecule has 1 aliphatic rings. The first-order chi connectivity index (χ1) is 9.48. The first-order valence-electron chi connectivity index (χ1n) is 6.92. The van der Waals surface area contributed by atoms with E-state index < -0.39 is 9.84 Å². The van der Waals surface area contributed by atoms with Gasteiger partial charge in [-0.1, -0.05) is 13.3 Å². The standard InChI is InChI=1S/C13H20N2O4S/c1-3-5-12-11(13(16)19-4-2)8-14-15(12)10-6-7-20(17,18)9-10/h8,10H,3-7,9H2,1-2H3. The molecular formula is C13H20N2O4S. The molecule has 20 heavy (non-hydrogen) atoms. The average molecular weight is 300 g/mol. The molecule has 1 aromatic heterocycles. The second-order valence-electron chi connectivity index (χ2n) is 4.98. The Morgan fingerprint density at radius 3 is 2.80 bits per heavy atom. The van der Waals surface area contributed by atoms with E-state index >= 15 is 0 Å². The Labute approximate surface area is 119 Å². The maximum absolute atomic E-state index is 11.9. The number of hydrogen-bond acceptors (Lipinski definition) is 5. The number of aromatic nitrogens is 2. The molecule has 0 radical (unpaired) electrons. The molecule has 1 unspecified atom stereocenters. The van der Waals surface area contributed by atoms with Gasteiger partial charge in [-0.25, -0.2) is 13.2 Å². The molecule has 2 rings (SSSR count). The van der Waals surface area contributed by atoms with Gasteiger partial charge in [0, 0.05) is 0 Å². The van der Waals surface area contributed by atoms with Gasteiger partial charge in [0.1, 0.15) is 5.56 Å². The Kier molecular flexibility index (Phi) is 4.47. The van der Waals surface area contributed by atoms with Crippen LogP contribution in [0.15, 0.2) is 6.20 Å². The van der Waals surface area contributed by atoms with Crippen LogP contribution in [-0.2, 0) is 21.0 Å². The largest absolute Gasteiger partial charge is 0.462 e. The van der Waals surface area contributed by atoms with E-state index in [0.29, 0.717) is 25.0 Å². The van der Waals surface area contributed by atoms with Gasteiger partial charge in [0.2, 0.25) is 0 Å². The second kappa shape index (κ2) is 5.95. The summed E-state index contributed by atoms with van der Waals surface area (Å²) in [5.74, 6) is -0.0889. The molecule has 0 aromatic carbocycles. The lowest BCUT2D eigenvalue weighted by Gasteiger charge is -2.13. The summed E-state index contributed by atoms with van der Waals surface area (Å²) in [6.07, 6.45) is 3.60. The number of hydrogen-bond donors (Lipinski definition) is 0. The lowest BCUT2D eigenvalue weighted by atomic mass is 10.1. The molecule has 1 aliphatic heterocycles. The van der Waals surface area contributed by atoms with Gasteiger partial charge < -0.3 is 4.74 Å². The summed E-state index contributed by atoms with van der Waals surface area (Å²) in [4.78, 5) is 11.9. The number of nitrogens with zero attached hydrogens (tertiary/aromatic N) is 2. The minimum absolute atomic E-state index is 0.105. The summed E-state index contributed by atoms with van der Waals surface area (Å²) in [5, 5.41) is 4.24. The minimum atomic E-state index is -2.97. The highest BCUT2D eigenvalue weighted by Gasteiger charge is 2.32. The summed E-state index contributed by atoms with van der Waals surface area (Å²) in [7, 11) is -2.97. The normalized spacial score (nSPS) is 21.0. The third-order valence-electron chi connectivity index (χ3n) is 3.44. The zero-order valence-electron chi connectivity index (χ0n) is 11.8. The van der Waals surface area contributed by atoms with Crippen LogP contribution in [-0.4, -0.2) is 42.3 Å². The number of carbonyl (C=O) groups excluding carboxylic acids is 1. The van der Waals surface area contributed by atoms with Crippen molar-refractivity contribution in [2.24, 2.45) is 0 Å². The summed E-state index contributed by atoms with van der Waals surface area (Å²) >= 11 is 0. The molecule has 2 heterocycles. The lowest BCUT2D eigenvalue weighted by molar-refractivity contribution is 0.0525. The van der Waals surface area contributed by atoms with Crippen LogP contribution in [0.3, 0.4) is 0 Å². The van der Waals surface area contributed by atoms with Gasteiger partial charge >= 0.3 is 5.97 Å². The summed E-state index contributed by atoms with van der Waals surface area (Å²) in [6.45, 7) is 4.08. The zero-order valence-corrected chi connectivity index (χ0v) is 12.6. The number of ether oxygens (including phenoxy) is 1. The first-order valence-corrected chi connectivity index (χ1v) is 8.74. The smallest absolute Gasteiger partial charge is 0.341 e. The van der Waals surface area contributed by atoms with Gasteiger partial charge in [-0.2, -0.15) is 5.10 Å². The van der Waals surface area contributed by atoms with Gasteiger partial charge in [0.15, 0.2) is 9.84 Å². The van der Waals surface area contributed by atoms with E-state index in [9.17, 15) is 13.2 Å². The van der Waals surface area contributed by atoms with Crippen LogP contribution in [0.2, 0.25) is 0 Å². The van der Waals surface area contributed by atoms with Crippen molar-refractivity contribution in [2.45, 2.75) is 39.2 Å². The topological polar surface area (TPSA) is 78.3 Å². The molecule has 1 aromatic rings. The van der Waals surface area contributed by atoms with Crippen LogP contribution in [0.5, 0.6) is 0 Å².